The van der Waals surface area contributed by atoms with E-state index in [4.69, 9.17) is 0 Å². The molecule has 0 saturated carbocycles. The highest BCUT2D eigenvalue weighted by atomic mass is 79.9. The van der Waals surface area contributed by atoms with Crippen molar-refractivity contribution in [1.82, 2.24) is 4.98 Å². The summed E-state index contributed by atoms with van der Waals surface area (Å²) in [6, 6.07) is 1.91. The second-order valence-electron chi connectivity index (χ2n) is 2.28. The van der Waals surface area contributed by atoms with Gasteiger partial charge in [-0.05, 0) is 34.5 Å². The van der Waals surface area contributed by atoms with Crippen LogP contribution in [0.4, 0.5) is 0 Å². The van der Waals surface area contributed by atoms with Crippen molar-refractivity contribution >= 4 is 22.2 Å². The van der Waals surface area contributed by atoms with Gasteiger partial charge in [-0.15, -0.1) is 0 Å². The van der Waals surface area contributed by atoms with Crippen molar-refractivity contribution in [2.45, 2.75) is 13.3 Å². The summed E-state index contributed by atoms with van der Waals surface area (Å²) in [4.78, 5) is 14.2. The minimum absolute atomic E-state index is 0.436. The predicted molar refractivity (Wildman–Crippen MR) is 46.4 cm³/mol. The first-order chi connectivity index (χ1) is 5.24. The van der Waals surface area contributed by atoms with Crippen LogP contribution in [-0.4, -0.2) is 11.3 Å². The Morgan fingerprint density at radius 3 is 3.00 bits per heavy atom. The Balaban J connectivity index is 2.95. The van der Waals surface area contributed by atoms with E-state index in [2.05, 4.69) is 20.9 Å². The number of nitrogens with zero attached hydrogens (tertiary/aromatic N) is 1. The number of carbonyl (C=O) groups excluding carboxylic acids is 1. The number of halogens is 1. The molecule has 0 spiro atoms. The van der Waals surface area contributed by atoms with Crippen LogP contribution in [-0.2, 0) is 11.2 Å². The third-order valence-electron chi connectivity index (χ3n) is 1.40. The highest BCUT2D eigenvalue weighted by Gasteiger charge is 1.97. The monoisotopic (exact) mass is 213 g/mol. The lowest BCUT2D eigenvalue weighted by molar-refractivity contribution is -0.107. The number of aryl methyl sites for hydroxylation is 1. The van der Waals surface area contributed by atoms with Gasteiger partial charge in [-0.1, -0.05) is 0 Å². The summed E-state index contributed by atoms with van der Waals surface area (Å²) in [6.07, 6.45) is 3.03. The van der Waals surface area contributed by atoms with Gasteiger partial charge in [0, 0.05) is 17.1 Å². The van der Waals surface area contributed by atoms with E-state index < -0.39 is 0 Å². The van der Waals surface area contributed by atoms with Crippen molar-refractivity contribution < 1.29 is 4.79 Å². The highest BCUT2D eigenvalue weighted by molar-refractivity contribution is 9.10. The van der Waals surface area contributed by atoms with Gasteiger partial charge in [-0.2, -0.15) is 0 Å². The smallest absolute Gasteiger partial charge is 0.124 e. The van der Waals surface area contributed by atoms with Crippen LogP contribution >= 0.6 is 15.9 Å². The third kappa shape index (κ3) is 2.12. The fourth-order valence-corrected chi connectivity index (χ4v) is 1.15. The topological polar surface area (TPSA) is 30.0 Å². The summed E-state index contributed by atoms with van der Waals surface area (Å²) in [5, 5.41) is 0. The zero-order chi connectivity index (χ0) is 8.27. The number of hydrogen-bond acceptors (Lipinski definition) is 2. The van der Waals surface area contributed by atoms with E-state index in [9.17, 15) is 4.79 Å². The number of pyridine rings is 1. The van der Waals surface area contributed by atoms with Crippen molar-refractivity contribution in [2.24, 2.45) is 0 Å². The second-order valence-corrected chi connectivity index (χ2v) is 3.14. The first-order valence-electron chi connectivity index (χ1n) is 3.28. The molecule has 0 aliphatic carbocycles. The Morgan fingerprint density at radius 2 is 2.45 bits per heavy atom. The second kappa shape index (κ2) is 3.62. The number of rotatable bonds is 2. The third-order valence-corrected chi connectivity index (χ3v) is 2.20. The first-order valence-corrected chi connectivity index (χ1v) is 4.08. The molecule has 0 atom stereocenters. The van der Waals surface area contributed by atoms with E-state index in [0.717, 1.165) is 22.0 Å². The minimum atomic E-state index is 0.436. The Bertz CT molecular complexity index is 273. The van der Waals surface area contributed by atoms with Crippen LogP contribution in [0.3, 0.4) is 0 Å². The molecule has 58 valence electrons. The van der Waals surface area contributed by atoms with E-state index in [-0.39, 0.29) is 0 Å². The number of hydrogen-bond donors (Lipinski definition) is 0. The van der Waals surface area contributed by atoms with Crippen molar-refractivity contribution in [2.75, 3.05) is 0 Å². The Hall–Kier alpha value is -0.700. The molecule has 1 rings (SSSR count). The zero-order valence-electron chi connectivity index (χ0n) is 6.17. The molecule has 0 aliphatic rings. The van der Waals surface area contributed by atoms with E-state index >= 15 is 0 Å². The molecule has 0 fully saturated rings. The highest BCUT2D eigenvalue weighted by Crippen LogP contribution is 2.14. The van der Waals surface area contributed by atoms with Gasteiger partial charge >= 0.3 is 0 Å². The van der Waals surface area contributed by atoms with E-state index in [1.807, 2.05) is 13.0 Å². The Morgan fingerprint density at radius 1 is 1.73 bits per heavy atom. The van der Waals surface area contributed by atoms with Crippen molar-refractivity contribution in [1.29, 1.82) is 0 Å². The molecule has 11 heavy (non-hydrogen) atoms. The fraction of sp³-hybridized carbons (Fsp3) is 0.250. The molecule has 0 bridgehead atoms. The van der Waals surface area contributed by atoms with Crippen LogP contribution in [0.15, 0.2) is 16.7 Å². The molecule has 0 N–H and O–H groups in total. The van der Waals surface area contributed by atoms with E-state index in [1.165, 1.54) is 0 Å². The number of aromatic nitrogens is 1. The zero-order valence-corrected chi connectivity index (χ0v) is 7.76. The van der Waals surface area contributed by atoms with Gasteiger partial charge in [0.25, 0.3) is 0 Å². The number of carbonyl (C=O) groups is 1. The van der Waals surface area contributed by atoms with Crippen LogP contribution in [0.25, 0.3) is 0 Å². The molecule has 1 aromatic heterocycles. The van der Waals surface area contributed by atoms with Crippen LogP contribution in [0, 0.1) is 6.92 Å². The lowest BCUT2D eigenvalue weighted by Crippen LogP contribution is -1.90. The Labute approximate surface area is 73.8 Å². The normalized spacial score (nSPS) is 9.64. The summed E-state index contributed by atoms with van der Waals surface area (Å²) >= 11 is 3.34. The maximum Gasteiger partial charge on any atom is 0.124 e. The van der Waals surface area contributed by atoms with Gasteiger partial charge in [-0.25, -0.2) is 0 Å². The maximum atomic E-state index is 10.1. The molecule has 0 aromatic carbocycles. The van der Waals surface area contributed by atoms with Gasteiger partial charge in [-0.3, -0.25) is 4.98 Å². The molecule has 0 saturated heterocycles. The lowest BCUT2D eigenvalue weighted by Gasteiger charge is -1.98. The lowest BCUT2D eigenvalue weighted by atomic mass is 10.2. The average molecular weight is 214 g/mol. The molecule has 2 nitrogen and oxygen atoms in total. The summed E-state index contributed by atoms with van der Waals surface area (Å²) in [7, 11) is 0. The van der Waals surface area contributed by atoms with Gasteiger partial charge < -0.3 is 4.79 Å². The molecule has 3 heteroatoms. The van der Waals surface area contributed by atoms with Crippen LogP contribution in [0.5, 0.6) is 0 Å². The summed E-state index contributed by atoms with van der Waals surface area (Å²) in [5.41, 5.74) is 1.89. The summed E-state index contributed by atoms with van der Waals surface area (Å²) < 4.78 is 0.955. The van der Waals surface area contributed by atoms with Crippen molar-refractivity contribution in [3.8, 4) is 0 Å². The van der Waals surface area contributed by atoms with Gasteiger partial charge in [0.15, 0.2) is 0 Å². The molecule has 0 aliphatic heterocycles. The molecular formula is C8H8BrNO. The van der Waals surface area contributed by atoms with Crippen LogP contribution in [0.1, 0.15) is 11.3 Å². The summed E-state index contributed by atoms with van der Waals surface area (Å²) in [6.45, 7) is 1.91. The van der Waals surface area contributed by atoms with Crippen molar-refractivity contribution in [3.63, 3.8) is 0 Å². The first kappa shape index (κ1) is 8.40. The van der Waals surface area contributed by atoms with Crippen LogP contribution in [0.2, 0.25) is 0 Å². The average Bonchev–Trinajstić information content (AvgIpc) is 1.98. The van der Waals surface area contributed by atoms with Gasteiger partial charge in [0.2, 0.25) is 0 Å². The fourth-order valence-electron chi connectivity index (χ4n) is 0.754. The molecular weight excluding hydrogens is 206 g/mol. The predicted octanol–water partition coefficient (Wildman–Crippen LogP) is 1.89. The largest absolute Gasteiger partial charge is 0.303 e. The SMILES string of the molecule is Cc1ncc(CC=O)cc1Br. The molecule has 1 heterocycles. The van der Waals surface area contributed by atoms with Crippen molar-refractivity contribution in [3.05, 3.63) is 28.0 Å². The molecule has 0 amide bonds. The Kier molecular flexibility index (Phi) is 2.76. The molecule has 1 aromatic rings. The quantitative estimate of drug-likeness (QED) is 0.703. The standard InChI is InChI=1S/C8H8BrNO/c1-6-8(9)4-7(2-3-11)5-10-6/h3-5H,2H2,1H3. The molecule has 0 unspecified atom stereocenters. The van der Waals surface area contributed by atoms with Gasteiger partial charge in [0.05, 0.1) is 5.69 Å². The maximum absolute atomic E-state index is 10.1. The number of aldehydes is 1. The van der Waals surface area contributed by atoms with E-state index in [0.29, 0.717) is 6.42 Å². The minimum Gasteiger partial charge on any atom is -0.303 e. The van der Waals surface area contributed by atoms with Crippen LogP contribution < -0.4 is 0 Å². The summed E-state index contributed by atoms with van der Waals surface area (Å²) in [5.74, 6) is 0. The molecule has 0 radical (unpaired) electrons. The van der Waals surface area contributed by atoms with E-state index in [1.54, 1.807) is 6.20 Å². The van der Waals surface area contributed by atoms with Gasteiger partial charge in [0.1, 0.15) is 6.29 Å².